The van der Waals surface area contributed by atoms with Crippen molar-refractivity contribution >= 4 is 34.2 Å². The molecule has 7 heteroatoms. The van der Waals surface area contributed by atoms with Crippen molar-refractivity contribution in [3.05, 3.63) is 54.4 Å². The molecular weight excluding hydrogens is 318 g/mol. The predicted octanol–water partition coefficient (Wildman–Crippen LogP) is 2.00. The second-order valence-electron chi connectivity index (χ2n) is 5.81. The number of nitrogens with zero attached hydrogens (tertiary/aromatic N) is 2. The first-order valence-electron chi connectivity index (χ1n) is 7.81. The number of hydrogen-bond acceptors (Lipinski definition) is 4. The van der Waals surface area contributed by atoms with Crippen LogP contribution in [0.25, 0.3) is 11.0 Å². The molecule has 1 heterocycles. The summed E-state index contributed by atoms with van der Waals surface area (Å²) >= 11 is 0. The molecule has 0 bridgehead atoms. The van der Waals surface area contributed by atoms with Crippen molar-refractivity contribution < 1.29 is 9.59 Å². The number of imidazole rings is 1. The van der Waals surface area contributed by atoms with Gasteiger partial charge < -0.3 is 20.5 Å². The zero-order chi connectivity index (χ0) is 17.8. The third-order valence-electron chi connectivity index (χ3n) is 3.76. The highest BCUT2D eigenvalue weighted by Gasteiger charge is 2.10. The van der Waals surface area contributed by atoms with Gasteiger partial charge in [0.05, 0.1) is 23.9 Å². The molecule has 2 aromatic carbocycles. The van der Waals surface area contributed by atoms with Gasteiger partial charge in [-0.15, -0.1) is 0 Å². The lowest BCUT2D eigenvalue weighted by atomic mass is 10.2. The fraction of sp³-hybridized carbons (Fsp3) is 0.167. The van der Waals surface area contributed by atoms with Crippen molar-refractivity contribution in [2.24, 2.45) is 0 Å². The van der Waals surface area contributed by atoms with Crippen LogP contribution in [0.3, 0.4) is 0 Å². The van der Waals surface area contributed by atoms with Gasteiger partial charge in [-0.25, -0.2) is 4.98 Å². The summed E-state index contributed by atoms with van der Waals surface area (Å²) in [6.07, 6.45) is 1.57. The van der Waals surface area contributed by atoms with Crippen LogP contribution < -0.4 is 15.5 Å². The Kier molecular flexibility index (Phi) is 4.65. The van der Waals surface area contributed by atoms with E-state index in [0.717, 1.165) is 16.7 Å². The third kappa shape index (κ3) is 3.95. The van der Waals surface area contributed by atoms with E-state index < -0.39 is 0 Å². The van der Waals surface area contributed by atoms with E-state index in [-0.39, 0.29) is 18.4 Å². The summed E-state index contributed by atoms with van der Waals surface area (Å²) in [5, 5.41) is 5.36. The van der Waals surface area contributed by atoms with Gasteiger partial charge in [0.1, 0.15) is 0 Å². The Morgan fingerprint density at radius 3 is 2.60 bits per heavy atom. The van der Waals surface area contributed by atoms with Crippen molar-refractivity contribution in [1.82, 2.24) is 15.3 Å². The highest BCUT2D eigenvalue weighted by Crippen LogP contribution is 2.15. The number of benzene rings is 2. The second-order valence-corrected chi connectivity index (χ2v) is 5.81. The van der Waals surface area contributed by atoms with Crippen LogP contribution in [-0.4, -0.2) is 42.4 Å². The van der Waals surface area contributed by atoms with Gasteiger partial charge >= 0.3 is 0 Å². The number of amides is 2. The Balaban J connectivity index is 1.55. The first kappa shape index (κ1) is 16.5. The SMILES string of the molecule is CN(C)c1ccc(NC(=O)CNC(=O)c2ccc3nc[nH]c3c2)cc1. The molecular formula is C18H19N5O2. The van der Waals surface area contributed by atoms with E-state index in [1.807, 2.05) is 43.3 Å². The number of carbonyl (C=O) groups is 2. The average Bonchev–Trinajstić information content (AvgIpc) is 3.07. The van der Waals surface area contributed by atoms with Gasteiger partial charge in [0.25, 0.3) is 5.91 Å². The Morgan fingerprint density at radius 1 is 1.12 bits per heavy atom. The van der Waals surface area contributed by atoms with Gasteiger partial charge in [0, 0.05) is 31.0 Å². The molecule has 0 spiro atoms. The van der Waals surface area contributed by atoms with Gasteiger partial charge in [0.2, 0.25) is 5.91 Å². The van der Waals surface area contributed by atoms with Crippen LogP contribution in [0.5, 0.6) is 0 Å². The van der Waals surface area contributed by atoms with Crippen LogP contribution in [0.4, 0.5) is 11.4 Å². The van der Waals surface area contributed by atoms with Crippen LogP contribution in [0.15, 0.2) is 48.8 Å². The molecule has 0 saturated carbocycles. The van der Waals surface area contributed by atoms with E-state index in [1.54, 1.807) is 24.5 Å². The Labute approximate surface area is 145 Å². The molecule has 25 heavy (non-hydrogen) atoms. The Morgan fingerprint density at radius 2 is 1.88 bits per heavy atom. The number of rotatable bonds is 5. The largest absolute Gasteiger partial charge is 0.378 e. The number of anilines is 2. The number of fused-ring (bicyclic) bond motifs is 1. The summed E-state index contributed by atoms with van der Waals surface area (Å²) < 4.78 is 0. The monoisotopic (exact) mass is 337 g/mol. The second kappa shape index (κ2) is 7.04. The Hall–Kier alpha value is -3.35. The summed E-state index contributed by atoms with van der Waals surface area (Å²) in [6.45, 7) is -0.102. The van der Waals surface area contributed by atoms with E-state index in [9.17, 15) is 9.59 Å². The summed E-state index contributed by atoms with van der Waals surface area (Å²) in [7, 11) is 3.90. The van der Waals surface area contributed by atoms with Crippen LogP contribution in [0.1, 0.15) is 10.4 Å². The number of aromatic amines is 1. The first-order chi connectivity index (χ1) is 12.0. The molecule has 0 atom stereocenters. The number of hydrogen-bond donors (Lipinski definition) is 3. The maximum Gasteiger partial charge on any atom is 0.251 e. The molecule has 1 aromatic heterocycles. The lowest BCUT2D eigenvalue weighted by Gasteiger charge is -2.13. The molecule has 0 saturated heterocycles. The summed E-state index contributed by atoms with van der Waals surface area (Å²) in [5.41, 5.74) is 3.76. The molecule has 3 N–H and O–H groups in total. The van der Waals surface area contributed by atoms with E-state index in [4.69, 9.17) is 0 Å². The van der Waals surface area contributed by atoms with Crippen molar-refractivity contribution in [2.45, 2.75) is 0 Å². The van der Waals surface area contributed by atoms with Crippen molar-refractivity contribution in [1.29, 1.82) is 0 Å². The van der Waals surface area contributed by atoms with Crippen LogP contribution >= 0.6 is 0 Å². The normalized spacial score (nSPS) is 10.5. The van der Waals surface area contributed by atoms with Crippen LogP contribution in [0, 0.1) is 0 Å². The molecule has 0 unspecified atom stereocenters. The van der Waals surface area contributed by atoms with E-state index in [2.05, 4.69) is 20.6 Å². The average molecular weight is 337 g/mol. The maximum atomic E-state index is 12.2. The van der Waals surface area contributed by atoms with E-state index in [0.29, 0.717) is 11.3 Å². The van der Waals surface area contributed by atoms with Gasteiger partial charge in [-0.05, 0) is 42.5 Å². The van der Waals surface area contributed by atoms with Crippen molar-refractivity contribution in [2.75, 3.05) is 30.9 Å². The molecule has 2 amide bonds. The number of aromatic nitrogens is 2. The van der Waals surface area contributed by atoms with Crippen LogP contribution in [0.2, 0.25) is 0 Å². The fourth-order valence-electron chi connectivity index (χ4n) is 2.39. The third-order valence-corrected chi connectivity index (χ3v) is 3.76. The van der Waals surface area contributed by atoms with Crippen molar-refractivity contribution in [3.8, 4) is 0 Å². The lowest BCUT2D eigenvalue weighted by molar-refractivity contribution is -0.115. The maximum absolute atomic E-state index is 12.2. The topological polar surface area (TPSA) is 90.1 Å². The van der Waals surface area contributed by atoms with Gasteiger partial charge in [-0.3, -0.25) is 9.59 Å². The van der Waals surface area contributed by atoms with Crippen LogP contribution in [-0.2, 0) is 4.79 Å². The first-order valence-corrected chi connectivity index (χ1v) is 7.81. The zero-order valence-corrected chi connectivity index (χ0v) is 14.0. The summed E-state index contributed by atoms with van der Waals surface area (Å²) in [6, 6.07) is 12.6. The van der Waals surface area contributed by atoms with Gasteiger partial charge in [0.15, 0.2) is 0 Å². The molecule has 128 valence electrons. The molecule has 0 aliphatic rings. The fourth-order valence-corrected chi connectivity index (χ4v) is 2.39. The molecule has 0 radical (unpaired) electrons. The van der Waals surface area contributed by atoms with E-state index in [1.165, 1.54) is 0 Å². The smallest absolute Gasteiger partial charge is 0.251 e. The van der Waals surface area contributed by atoms with Crippen molar-refractivity contribution in [3.63, 3.8) is 0 Å². The standard InChI is InChI=1S/C18H19N5O2/c1-23(2)14-6-4-13(5-7-14)22-17(24)10-19-18(25)12-3-8-15-16(9-12)21-11-20-15/h3-9,11H,10H2,1-2H3,(H,19,25)(H,20,21)(H,22,24). The van der Waals surface area contributed by atoms with E-state index >= 15 is 0 Å². The zero-order valence-electron chi connectivity index (χ0n) is 14.0. The van der Waals surface area contributed by atoms with Gasteiger partial charge in [-0.1, -0.05) is 0 Å². The lowest BCUT2D eigenvalue weighted by Crippen LogP contribution is -2.32. The minimum atomic E-state index is -0.311. The number of nitrogens with one attached hydrogen (secondary N) is 3. The Bertz CT molecular complexity index is 899. The molecule has 0 fully saturated rings. The number of carbonyl (C=O) groups excluding carboxylic acids is 2. The molecule has 7 nitrogen and oxygen atoms in total. The summed E-state index contributed by atoms with van der Waals surface area (Å²) in [5.74, 6) is -0.594. The quantitative estimate of drug-likeness (QED) is 0.664. The predicted molar refractivity (Wildman–Crippen MR) is 97.8 cm³/mol. The highest BCUT2D eigenvalue weighted by molar-refractivity contribution is 6.00. The van der Waals surface area contributed by atoms with Gasteiger partial charge in [-0.2, -0.15) is 0 Å². The molecule has 0 aliphatic heterocycles. The minimum Gasteiger partial charge on any atom is -0.378 e. The summed E-state index contributed by atoms with van der Waals surface area (Å²) in [4.78, 5) is 33.2. The highest BCUT2D eigenvalue weighted by atomic mass is 16.2. The molecule has 3 rings (SSSR count). The molecule has 3 aromatic rings. The minimum absolute atomic E-state index is 0.102. The molecule has 0 aliphatic carbocycles. The number of H-pyrrole nitrogens is 1.